The number of hydrazine groups is 1. The quantitative estimate of drug-likeness (QED) is 0.603. The summed E-state index contributed by atoms with van der Waals surface area (Å²) >= 11 is 0. The molecule has 1 fully saturated rings. The zero-order valence-electron chi connectivity index (χ0n) is 10.3. The molecular weight excluding hydrogens is 216 g/mol. The van der Waals surface area contributed by atoms with Crippen molar-refractivity contribution >= 4 is 5.82 Å². The van der Waals surface area contributed by atoms with Crippen LogP contribution in [0.5, 0.6) is 5.88 Å². The molecule has 0 unspecified atom stereocenters. The monoisotopic (exact) mass is 236 g/mol. The van der Waals surface area contributed by atoms with Crippen LogP contribution in [0.25, 0.3) is 0 Å². The molecule has 1 aromatic rings. The van der Waals surface area contributed by atoms with Gasteiger partial charge < -0.3 is 10.2 Å². The summed E-state index contributed by atoms with van der Waals surface area (Å²) in [6.07, 6.45) is 7.49. The van der Waals surface area contributed by atoms with Crippen LogP contribution in [0.4, 0.5) is 5.82 Å². The van der Waals surface area contributed by atoms with E-state index in [0.717, 1.165) is 18.6 Å². The van der Waals surface area contributed by atoms with Crippen molar-refractivity contribution in [3.8, 4) is 5.88 Å². The summed E-state index contributed by atoms with van der Waals surface area (Å²) in [6.45, 7) is 2.80. The predicted octanol–water partition coefficient (Wildman–Crippen LogP) is 1.89. The maximum Gasteiger partial charge on any atom is 0.221 e. The van der Waals surface area contributed by atoms with Gasteiger partial charge in [0, 0.05) is 0 Å². The lowest BCUT2D eigenvalue weighted by molar-refractivity contribution is 0.241. The SMILES string of the molecule is CCc1c(NN)ncnc1OCC1CCCC1. The van der Waals surface area contributed by atoms with Crippen molar-refractivity contribution in [1.82, 2.24) is 9.97 Å². The molecule has 1 aliphatic rings. The molecule has 0 atom stereocenters. The Morgan fingerprint density at radius 1 is 1.41 bits per heavy atom. The molecule has 0 aromatic carbocycles. The van der Waals surface area contributed by atoms with E-state index < -0.39 is 0 Å². The van der Waals surface area contributed by atoms with Crippen LogP contribution < -0.4 is 16.0 Å². The van der Waals surface area contributed by atoms with E-state index in [0.29, 0.717) is 17.6 Å². The molecule has 5 nitrogen and oxygen atoms in total. The first-order valence-corrected chi connectivity index (χ1v) is 6.28. The van der Waals surface area contributed by atoms with Gasteiger partial charge in [-0.1, -0.05) is 19.8 Å². The molecule has 0 saturated heterocycles. The molecule has 0 amide bonds. The molecule has 3 N–H and O–H groups in total. The molecule has 0 radical (unpaired) electrons. The predicted molar refractivity (Wildman–Crippen MR) is 66.7 cm³/mol. The second-order valence-electron chi connectivity index (χ2n) is 4.47. The van der Waals surface area contributed by atoms with E-state index in [1.54, 1.807) is 0 Å². The molecule has 94 valence electrons. The molecule has 1 aliphatic carbocycles. The summed E-state index contributed by atoms with van der Waals surface area (Å²) in [7, 11) is 0. The lowest BCUT2D eigenvalue weighted by Gasteiger charge is -2.14. The van der Waals surface area contributed by atoms with Gasteiger partial charge >= 0.3 is 0 Å². The highest BCUT2D eigenvalue weighted by Gasteiger charge is 2.17. The number of ether oxygens (including phenoxy) is 1. The normalized spacial score (nSPS) is 16.1. The van der Waals surface area contributed by atoms with Crippen LogP contribution in [0.15, 0.2) is 6.33 Å². The number of aromatic nitrogens is 2. The number of hydrogen-bond acceptors (Lipinski definition) is 5. The van der Waals surface area contributed by atoms with Gasteiger partial charge in [0.05, 0.1) is 12.2 Å². The van der Waals surface area contributed by atoms with Crippen LogP contribution in [-0.4, -0.2) is 16.6 Å². The van der Waals surface area contributed by atoms with Gasteiger partial charge in [-0.3, -0.25) is 0 Å². The molecule has 0 bridgehead atoms. The molecule has 17 heavy (non-hydrogen) atoms. The molecule has 1 aromatic heterocycles. The van der Waals surface area contributed by atoms with Crippen LogP contribution in [-0.2, 0) is 6.42 Å². The number of nitrogens with one attached hydrogen (secondary N) is 1. The van der Waals surface area contributed by atoms with Gasteiger partial charge in [0.15, 0.2) is 0 Å². The number of rotatable bonds is 5. The Morgan fingerprint density at radius 3 is 2.82 bits per heavy atom. The van der Waals surface area contributed by atoms with E-state index in [2.05, 4.69) is 15.4 Å². The summed E-state index contributed by atoms with van der Waals surface area (Å²) in [5.41, 5.74) is 3.54. The minimum absolute atomic E-state index is 0.656. The van der Waals surface area contributed by atoms with Crippen molar-refractivity contribution in [2.24, 2.45) is 11.8 Å². The van der Waals surface area contributed by atoms with Crippen LogP contribution >= 0.6 is 0 Å². The van der Waals surface area contributed by atoms with Crippen molar-refractivity contribution in [2.75, 3.05) is 12.0 Å². The van der Waals surface area contributed by atoms with E-state index in [9.17, 15) is 0 Å². The standard InChI is InChI=1S/C12H20N4O/c1-2-10-11(16-13)14-8-15-12(10)17-7-9-5-3-4-6-9/h8-9H,2-7,13H2,1H3,(H,14,15,16). The average molecular weight is 236 g/mol. The molecule has 0 spiro atoms. The fraction of sp³-hybridized carbons (Fsp3) is 0.667. The van der Waals surface area contributed by atoms with E-state index in [4.69, 9.17) is 10.6 Å². The number of nitrogens with two attached hydrogens (primary N) is 1. The summed E-state index contributed by atoms with van der Waals surface area (Å²) in [4.78, 5) is 8.27. The van der Waals surface area contributed by atoms with Crippen molar-refractivity contribution in [1.29, 1.82) is 0 Å². The zero-order chi connectivity index (χ0) is 12.1. The van der Waals surface area contributed by atoms with E-state index in [1.165, 1.54) is 32.0 Å². The average Bonchev–Trinajstić information content (AvgIpc) is 2.88. The highest BCUT2D eigenvalue weighted by molar-refractivity contribution is 5.47. The maximum atomic E-state index is 5.81. The Balaban J connectivity index is 2.03. The summed E-state index contributed by atoms with van der Waals surface area (Å²) in [5, 5.41) is 0. The fourth-order valence-corrected chi connectivity index (χ4v) is 2.34. The van der Waals surface area contributed by atoms with Gasteiger partial charge in [0.1, 0.15) is 12.1 Å². The third-order valence-corrected chi connectivity index (χ3v) is 3.33. The molecule has 1 saturated carbocycles. The first-order valence-electron chi connectivity index (χ1n) is 6.28. The molecule has 0 aliphatic heterocycles. The highest BCUT2D eigenvalue weighted by Crippen LogP contribution is 2.27. The zero-order valence-corrected chi connectivity index (χ0v) is 10.3. The molecular formula is C12H20N4O. The van der Waals surface area contributed by atoms with Crippen molar-refractivity contribution < 1.29 is 4.74 Å². The van der Waals surface area contributed by atoms with Crippen molar-refractivity contribution in [2.45, 2.75) is 39.0 Å². The van der Waals surface area contributed by atoms with Crippen molar-refractivity contribution in [3.63, 3.8) is 0 Å². The smallest absolute Gasteiger partial charge is 0.221 e. The summed E-state index contributed by atoms with van der Waals surface area (Å²) in [6, 6.07) is 0. The van der Waals surface area contributed by atoms with Gasteiger partial charge in [-0.15, -0.1) is 0 Å². The van der Waals surface area contributed by atoms with Crippen LogP contribution in [0.2, 0.25) is 0 Å². The number of nitrogen functional groups attached to an aromatic ring is 1. The Kier molecular flexibility index (Phi) is 4.14. The molecule has 1 heterocycles. The van der Waals surface area contributed by atoms with Gasteiger partial charge in [0.25, 0.3) is 0 Å². The Morgan fingerprint density at radius 2 is 2.18 bits per heavy atom. The first-order chi connectivity index (χ1) is 8.35. The van der Waals surface area contributed by atoms with E-state index in [-0.39, 0.29) is 0 Å². The number of nitrogens with zero attached hydrogens (tertiary/aromatic N) is 2. The van der Waals surface area contributed by atoms with Crippen LogP contribution in [0.3, 0.4) is 0 Å². The largest absolute Gasteiger partial charge is 0.477 e. The van der Waals surface area contributed by atoms with Gasteiger partial charge in [0.2, 0.25) is 5.88 Å². The fourth-order valence-electron chi connectivity index (χ4n) is 2.34. The molecule has 5 heteroatoms. The van der Waals surface area contributed by atoms with Gasteiger partial charge in [-0.05, 0) is 25.2 Å². The Bertz CT molecular complexity index is 364. The topological polar surface area (TPSA) is 73.1 Å². The minimum Gasteiger partial charge on any atom is -0.477 e. The summed E-state index contributed by atoms with van der Waals surface area (Å²) < 4.78 is 5.81. The lowest BCUT2D eigenvalue weighted by atomic mass is 10.1. The van der Waals surface area contributed by atoms with E-state index in [1.807, 2.05) is 6.92 Å². The highest BCUT2D eigenvalue weighted by atomic mass is 16.5. The first kappa shape index (κ1) is 12.1. The summed E-state index contributed by atoms with van der Waals surface area (Å²) in [5.74, 6) is 7.43. The van der Waals surface area contributed by atoms with Gasteiger partial charge in [-0.2, -0.15) is 0 Å². The third kappa shape index (κ3) is 2.85. The third-order valence-electron chi connectivity index (χ3n) is 3.33. The lowest BCUT2D eigenvalue weighted by Crippen LogP contribution is -2.14. The number of anilines is 1. The minimum atomic E-state index is 0.656. The molecule has 2 rings (SSSR count). The Labute approximate surface area is 102 Å². The van der Waals surface area contributed by atoms with Crippen LogP contribution in [0, 0.1) is 5.92 Å². The van der Waals surface area contributed by atoms with Crippen molar-refractivity contribution in [3.05, 3.63) is 11.9 Å². The van der Waals surface area contributed by atoms with Crippen LogP contribution in [0.1, 0.15) is 38.2 Å². The van der Waals surface area contributed by atoms with E-state index >= 15 is 0 Å². The second-order valence-corrected chi connectivity index (χ2v) is 4.47. The van der Waals surface area contributed by atoms with Gasteiger partial charge in [-0.25, -0.2) is 15.8 Å². The maximum absolute atomic E-state index is 5.81. The number of hydrogen-bond donors (Lipinski definition) is 2. The Hall–Kier alpha value is -1.36. The second kappa shape index (κ2) is 5.82.